The van der Waals surface area contributed by atoms with Crippen LogP contribution >= 0.6 is 0 Å². The molecule has 0 saturated carbocycles. The van der Waals surface area contributed by atoms with Crippen molar-refractivity contribution in [3.05, 3.63) is 170 Å². The molecule has 242 valence electrons. The topological polar surface area (TPSA) is 36.1 Å². The van der Waals surface area contributed by atoms with Crippen molar-refractivity contribution in [2.45, 2.75) is 0 Å². The lowest BCUT2D eigenvalue weighted by Gasteiger charge is -2.10. The Kier molecular flexibility index (Phi) is 5.47. The highest BCUT2D eigenvalue weighted by molar-refractivity contribution is 6.26. The molecule has 12 rings (SSSR count). The predicted octanol–water partition coefficient (Wildman–Crippen LogP) is 13.3. The molecular formula is C48H28N2O2. The summed E-state index contributed by atoms with van der Waals surface area (Å²) in [6.07, 6.45) is 0. The fourth-order valence-corrected chi connectivity index (χ4v) is 8.73. The lowest BCUT2D eigenvalue weighted by atomic mass is 10.00. The van der Waals surface area contributed by atoms with Crippen LogP contribution in [0.25, 0.3) is 110 Å². The molecule has 12 aromatic rings. The summed E-state index contributed by atoms with van der Waals surface area (Å²) >= 11 is 0. The molecule has 0 aliphatic carbocycles. The minimum absolute atomic E-state index is 0.857. The SMILES string of the molecule is c1ccc(-n2c3ccccc3c3ccc4c(c5ccccc5n4-c4ccc5oc6c(-c7cccc8c7oc7ccccc78)cccc6c5c4)c32)cc1. The van der Waals surface area contributed by atoms with Crippen molar-refractivity contribution in [1.29, 1.82) is 0 Å². The fourth-order valence-electron chi connectivity index (χ4n) is 8.73. The quantitative estimate of drug-likeness (QED) is 0.188. The zero-order chi connectivity index (χ0) is 33.9. The molecule has 0 spiro atoms. The molecule has 0 unspecified atom stereocenters. The van der Waals surface area contributed by atoms with Crippen LogP contribution in [0.2, 0.25) is 0 Å². The Morgan fingerprint density at radius 3 is 1.69 bits per heavy atom. The molecule has 0 N–H and O–H groups in total. The van der Waals surface area contributed by atoms with Crippen LogP contribution in [0.1, 0.15) is 0 Å². The van der Waals surface area contributed by atoms with Crippen molar-refractivity contribution in [3.63, 3.8) is 0 Å². The average molecular weight is 665 g/mol. The summed E-state index contributed by atoms with van der Waals surface area (Å²) in [5.74, 6) is 0. The maximum atomic E-state index is 6.71. The lowest BCUT2D eigenvalue weighted by Crippen LogP contribution is -1.95. The Labute approximate surface area is 296 Å². The van der Waals surface area contributed by atoms with Crippen LogP contribution in [-0.4, -0.2) is 9.13 Å². The Balaban J connectivity index is 1.13. The van der Waals surface area contributed by atoms with E-state index in [1.165, 1.54) is 38.1 Å². The van der Waals surface area contributed by atoms with E-state index in [9.17, 15) is 0 Å². The Morgan fingerprint density at radius 2 is 0.923 bits per heavy atom. The first-order valence-electron chi connectivity index (χ1n) is 17.7. The molecule has 0 amide bonds. The predicted molar refractivity (Wildman–Crippen MR) is 215 cm³/mol. The van der Waals surface area contributed by atoms with E-state index in [1.807, 2.05) is 12.1 Å². The summed E-state index contributed by atoms with van der Waals surface area (Å²) < 4.78 is 18.0. The highest BCUT2D eigenvalue weighted by Gasteiger charge is 2.22. The third-order valence-corrected chi connectivity index (χ3v) is 10.9. The van der Waals surface area contributed by atoms with Crippen LogP contribution in [0.3, 0.4) is 0 Å². The maximum Gasteiger partial charge on any atom is 0.143 e. The number of furan rings is 2. The number of benzene rings is 8. The van der Waals surface area contributed by atoms with Crippen molar-refractivity contribution in [3.8, 4) is 22.5 Å². The molecular weight excluding hydrogens is 637 g/mol. The summed E-state index contributed by atoms with van der Waals surface area (Å²) in [6.45, 7) is 0. The molecule has 0 atom stereocenters. The maximum absolute atomic E-state index is 6.71. The zero-order valence-electron chi connectivity index (χ0n) is 27.9. The molecule has 0 saturated heterocycles. The van der Waals surface area contributed by atoms with Gasteiger partial charge in [0.05, 0.1) is 22.1 Å². The van der Waals surface area contributed by atoms with Crippen molar-refractivity contribution in [1.82, 2.24) is 9.13 Å². The van der Waals surface area contributed by atoms with E-state index in [0.29, 0.717) is 0 Å². The number of para-hydroxylation sites is 6. The van der Waals surface area contributed by atoms with Gasteiger partial charge in [0, 0.05) is 65.6 Å². The van der Waals surface area contributed by atoms with Crippen LogP contribution in [0.15, 0.2) is 179 Å². The molecule has 0 fully saturated rings. The molecule has 0 aliphatic rings. The highest BCUT2D eigenvalue weighted by atomic mass is 16.3. The largest absolute Gasteiger partial charge is 0.455 e. The van der Waals surface area contributed by atoms with E-state index in [-0.39, 0.29) is 0 Å². The molecule has 52 heavy (non-hydrogen) atoms. The van der Waals surface area contributed by atoms with E-state index in [4.69, 9.17) is 8.83 Å². The smallest absolute Gasteiger partial charge is 0.143 e. The van der Waals surface area contributed by atoms with Crippen LogP contribution in [0.5, 0.6) is 0 Å². The van der Waals surface area contributed by atoms with Gasteiger partial charge in [0.1, 0.15) is 22.3 Å². The van der Waals surface area contributed by atoms with E-state index in [2.05, 4.69) is 167 Å². The Hall–Kier alpha value is -7.04. The Morgan fingerprint density at radius 1 is 0.327 bits per heavy atom. The van der Waals surface area contributed by atoms with E-state index < -0.39 is 0 Å². The number of nitrogens with zero attached hydrogens (tertiary/aromatic N) is 2. The monoisotopic (exact) mass is 664 g/mol. The van der Waals surface area contributed by atoms with Crippen LogP contribution < -0.4 is 0 Å². The second-order valence-electron chi connectivity index (χ2n) is 13.6. The van der Waals surface area contributed by atoms with Gasteiger partial charge in [-0.25, -0.2) is 0 Å². The third-order valence-electron chi connectivity index (χ3n) is 10.9. The van der Waals surface area contributed by atoms with Crippen molar-refractivity contribution in [2.24, 2.45) is 0 Å². The van der Waals surface area contributed by atoms with Gasteiger partial charge >= 0.3 is 0 Å². The Bertz CT molecular complexity index is 3410. The van der Waals surface area contributed by atoms with Crippen molar-refractivity contribution in [2.75, 3.05) is 0 Å². The zero-order valence-corrected chi connectivity index (χ0v) is 27.9. The van der Waals surface area contributed by atoms with Gasteiger partial charge in [0.25, 0.3) is 0 Å². The highest BCUT2D eigenvalue weighted by Crippen LogP contribution is 2.44. The van der Waals surface area contributed by atoms with Gasteiger partial charge in [-0.2, -0.15) is 0 Å². The molecule has 0 radical (unpaired) electrons. The first-order chi connectivity index (χ1) is 25.8. The number of hydrogen-bond donors (Lipinski definition) is 0. The van der Waals surface area contributed by atoms with E-state index in [1.54, 1.807) is 0 Å². The summed E-state index contributed by atoms with van der Waals surface area (Å²) in [5.41, 5.74) is 12.5. The number of aromatic nitrogens is 2. The second-order valence-corrected chi connectivity index (χ2v) is 13.6. The van der Waals surface area contributed by atoms with Gasteiger partial charge in [0.2, 0.25) is 0 Å². The van der Waals surface area contributed by atoms with Gasteiger partial charge in [-0.05, 0) is 54.6 Å². The first-order valence-corrected chi connectivity index (χ1v) is 17.7. The minimum atomic E-state index is 0.857. The summed E-state index contributed by atoms with van der Waals surface area (Å²) in [5, 5.41) is 9.35. The van der Waals surface area contributed by atoms with E-state index >= 15 is 0 Å². The summed E-state index contributed by atoms with van der Waals surface area (Å²) in [7, 11) is 0. The lowest BCUT2D eigenvalue weighted by molar-refractivity contribution is 0.665. The van der Waals surface area contributed by atoms with Gasteiger partial charge in [-0.1, -0.05) is 115 Å². The standard InChI is InChI=1S/C48H28N2O2/c1-2-12-29(13-3-1)50-40-21-7-4-14-31(40)33-25-26-42-45(46(33)50)38-16-5-8-22-41(38)49(42)30-24-27-44-39(28-30)37-20-11-19-36(48(37)52-44)35-18-10-17-34-32-15-6-9-23-43(32)51-47(34)35/h1-28H. The third kappa shape index (κ3) is 3.65. The normalized spacial score (nSPS) is 12.2. The van der Waals surface area contributed by atoms with Crippen LogP contribution in [0, 0.1) is 0 Å². The van der Waals surface area contributed by atoms with Crippen molar-refractivity contribution >= 4 is 87.5 Å². The molecule has 4 nitrogen and oxygen atoms in total. The molecule has 4 heteroatoms. The van der Waals surface area contributed by atoms with Gasteiger partial charge in [-0.3, -0.25) is 0 Å². The number of hydrogen-bond acceptors (Lipinski definition) is 2. The fraction of sp³-hybridized carbons (Fsp3) is 0. The second kappa shape index (κ2) is 10.3. The first kappa shape index (κ1) is 27.7. The molecule has 0 bridgehead atoms. The van der Waals surface area contributed by atoms with Gasteiger partial charge < -0.3 is 18.0 Å². The van der Waals surface area contributed by atoms with Gasteiger partial charge in [0.15, 0.2) is 0 Å². The summed E-state index contributed by atoms with van der Waals surface area (Å²) in [6, 6.07) is 60.5. The van der Waals surface area contributed by atoms with Crippen LogP contribution in [-0.2, 0) is 0 Å². The van der Waals surface area contributed by atoms with E-state index in [0.717, 1.165) is 71.9 Å². The number of rotatable bonds is 3. The molecule has 0 aliphatic heterocycles. The number of fused-ring (bicyclic) bond motifs is 13. The van der Waals surface area contributed by atoms with Crippen molar-refractivity contribution < 1.29 is 8.83 Å². The molecule has 8 aromatic carbocycles. The molecule has 4 aromatic heterocycles. The average Bonchev–Trinajstić information content (AvgIpc) is 3.95. The summed E-state index contributed by atoms with van der Waals surface area (Å²) in [4.78, 5) is 0. The minimum Gasteiger partial charge on any atom is -0.455 e. The molecule has 4 heterocycles. The van der Waals surface area contributed by atoms with Gasteiger partial charge in [-0.15, -0.1) is 0 Å². The van der Waals surface area contributed by atoms with Crippen LogP contribution in [0.4, 0.5) is 0 Å².